The highest BCUT2D eigenvalue weighted by molar-refractivity contribution is 7.14. The monoisotopic (exact) mass is 419 g/mol. The van der Waals surface area contributed by atoms with E-state index in [2.05, 4.69) is 0 Å². The van der Waals surface area contributed by atoms with Crippen LogP contribution in [0.4, 0.5) is 0 Å². The quantitative estimate of drug-likeness (QED) is 0.525. The van der Waals surface area contributed by atoms with Crippen LogP contribution < -0.4 is 4.74 Å². The molecule has 5 nitrogen and oxygen atoms in total. The third-order valence-electron chi connectivity index (χ3n) is 4.81. The number of esters is 2. The molecule has 2 aromatic rings. The summed E-state index contributed by atoms with van der Waals surface area (Å²) in [6, 6.07) is 8.61. The van der Waals surface area contributed by atoms with Crippen molar-refractivity contribution >= 4 is 34.9 Å². The highest BCUT2D eigenvalue weighted by Crippen LogP contribution is 2.37. The first-order chi connectivity index (χ1) is 13.4. The van der Waals surface area contributed by atoms with Gasteiger partial charge >= 0.3 is 11.9 Å². The maximum Gasteiger partial charge on any atom is 0.339 e. The van der Waals surface area contributed by atoms with Crippen LogP contribution >= 0.6 is 22.9 Å². The molecule has 7 heteroatoms. The van der Waals surface area contributed by atoms with Gasteiger partial charge in [0.2, 0.25) is 0 Å². The minimum atomic E-state index is -0.581. The van der Waals surface area contributed by atoms with Crippen LogP contribution in [-0.2, 0) is 27.3 Å². The number of allylic oxidation sites excluding steroid dienone is 1. The van der Waals surface area contributed by atoms with Crippen LogP contribution in [0.1, 0.15) is 35.9 Å². The van der Waals surface area contributed by atoms with Gasteiger partial charge in [-0.3, -0.25) is 4.90 Å². The van der Waals surface area contributed by atoms with Crippen molar-refractivity contribution in [2.75, 3.05) is 13.7 Å². The Kier molecular flexibility index (Phi) is 6.54. The van der Waals surface area contributed by atoms with Gasteiger partial charge in [-0.25, -0.2) is 9.59 Å². The van der Waals surface area contributed by atoms with E-state index in [1.165, 1.54) is 23.3 Å². The number of fused-ring (bicyclic) bond motifs is 1. The lowest BCUT2D eigenvalue weighted by Gasteiger charge is -2.33. The normalized spacial score (nSPS) is 15.6. The van der Waals surface area contributed by atoms with Crippen LogP contribution in [0.2, 0.25) is 5.02 Å². The predicted molar refractivity (Wildman–Crippen MR) is 110 cm³/mol. The summed E-state index contributed by atoms with van der Waals surface area (Å²) in [6.07, 6.45) is 2.49. The van der Waals surface area contributed by atoms with E-state index in [9.17, 15) is 9.59 Å². The van der Waals surface area contributed by atoms with Crippen molar-refractivity contribution in [2.24, 2.45) is 0 Å². The van der Waals surface area contributed by atoms with E-state index in [1.807, 2.05) is 29.2 Å². The molecule has 0 radical (unpaired) electrons. The lowest BCUT2D eigenvalue weighted by molar-refractivity contribution is -0.147. The van der Waals surface area contributed by atoms with Crippen molar-refractivity contribution in [3.05, 3.63) is 63.0 Å². The second kappa shape index (κ2) is 8.90. The maximum atomic E-state index is 12.5. The van der Waals surface area contributed by atoms with Crippen molar-refractivity contribution in [3.8, 4) is 5.06 Å². The standard InChI is InChI=1S/C21H22ClNO4S/c1-4-13(2)20(24)27-18-11-14-12-23(10-9-17(14)28-18)19(21(25)26-3)15-7-5-6-8-16(15)22/h4-8,11,19H,9-10,12H2,1-3H3/b13-4-/t19-/m0/s1. The molecule has 148 valence electrons. The Morgan fingerprint density at radius 2 is 2.07 bits per heavy atom. The van der Waals surface area contributed by atoms with Crippen molar-refractivity contribution in [3.63, 3.8) is 0 Å². The van der Waals surface area contributed by atoms with Crippen LogP contribution in [0.3, 0.4) is 0 Å². The van der Waals surface area contributed by atoms with Crippen molar-refractivity contribution in [2.45, 2.75) is 32.9 Å². The second-order valence-electron chi connectivity index (χ2n) is 6.54. The van der Waals surface area contributed by atoms with Crippen molar-refractivity contribution < 1.29 is 19.1 Å². The van der Waals surface area contributed by atoms with Crippen LogP contribution in [0.25, 0.3) is 0 Å². The first kappa shape index (κ1) is 20.6. The van der Waals surface area contributed by atoms with Crippen molar-refractivity contribution in [1.82, 2.24) is 4.90 Å². The van der Waals surface area contributed by atoms with Gasteiger partial charge in [-0.2, -0.15) is 0 Å². The van der Waals surface area contributed by atoms with E-state index in [0.29, 0.717) is 28.7 Å². The number of methoxy groups -OCH3 is 1. The molecular formula is C21H22ClNO4S. The highest BCUT2D eigenvalue weighted by Gasteiger charge is 2.33. The van der Waals surface area contributed by atoms with E-state index in [0.717, 1.165) is 17.5 Å². The Morgan fingerprint density at radius 1 is 1.32 bits per heavy atom. The van der Waals surface area contributed by atoms with Gasteiger partial charge in [0.1, 0.15) is 6.04 Å². The first-order valence-electron chi connectivity index (χ1n) is 8.97. The highest BCUT2D eigenvalue weighted by atomic mass is 35.5. The fraction of sp³-hybridized carbons (Fsp3) is 0.333. The molecule has 1 aromatic carbocycles. The molecular weight excluding hydrogens is 398 g/mol. The molecule has 0 bridgehead atoms. The molecule has 0 saturated heterocycles. The Balaban J connectivity index is 1.84. The van der Waals surface area contributed by atoms with Gasteiger partial charge < -0.3 is 9.47 Å². The minimum Gasteiger partial charge on any atom is -0.468 e. The van der Waals surface area contributed by atoms with Gasteiger partial charge in [-0.1, -0.05) is 35.9 Å². The fourth-order valence-electron chi connectivity index (χ4n) is 3.17. The molecule has 2 heterocycles. The van der Waals surface area contributed by atoms with E-state index in [-0.39, 0.29) is 11.9 Å². The molecule has 1 aliphatic heterocycles. The molecule has 0 saturated carbocycles. The summed E-state index contributed by atoms with van der Waals surface area (Å²) >= 11 is 7.83. The lowest BCUT2D eigenvalue weighted by atomic mass is 10.0. The van der Waals surface area contributed by atoms with Gasteiger partial charge in [0.25, 0.3) is 0 Å². The zero-order valence-electron chi connectivity index (χ0n) is 16.0. The molecule has 1 aromatic heterocycles. The van der Waals surface area contributed by atoms with Gasteiger partial charge in [-0.05, 0) is 43.5 Å². The van der Waals surface area contributed by atoms with Crippen LogP contribution in [0.5, 0.6) is 5.06 Å². The zero-order chi connectivity index (χ0) is 20.3. The van der Waals surface area contributed by atoms with E-state index in [1.54, 1.807) is 26.0 Å². The minimum absolute atomic E-state index is 0.345. The Hall–Kier alpha value is -2.15. The topological polar surface area (TPSA) is 55.8 Å². The Morgan fingerprint density at radius 3 is 2.75 bits per heavy atom. The largest absolute Gasteiger partial charge is 0.468 e. The second-order valence-corrected chi connectivity index (χ2v) is 8.05. The van der Waals surface area contributed by atoms with Gasteiger partial charge in [-0.15, -0.1) is 11.3 Å². The molecule has 1 atom stereocenters. The van der Waals surface area contributed by atoms with Gasteiger partial charge in [0.05, 0.1) is 7.11 Å². The summed E-state index contributed by atoms with van der Waals surface area (Å²) in [5.41, 5.74) is 2.35. The van der Waals surface area contributed by atoms with Crippen molar-refractivity contribution in [1.29, 1.82) is 0 Å². The summed E-state index contributed by atoms with van der Waals surface area (Å²) in [7, 11) is 1.38. The van der Waals surface area contributed by atoms with Crippen LogP contribution in [0.15, 0.2) is 42.0 Å². The molecule has 0 fully saturated rings. The number of halogens is 1. The number of ether oxygens (including phenoxy) is 2. The SMILES string of the molecule is C/C=C(/C)C(=O)Oc1cc2c(s1)CCN([C@H](C(=O)OC)c1ccccc1Cl)C2. The Labute approximate surface area is 173 Å². The van der Waals surface area contributed by atoms with Gasteiger partial charge in [0.15, 0.2) is 5.06 Å². The number of benzene rings is 1. The summed E-state index contributed by atoms with van der Waals surface area (Å²) < 4.78 is 10.5. The number of carbonyl (C=O) groups is 2. The summed E-state index contributed by atoms with van der Waals surface area (Å²) in [6.45, 7) is 4.76. The van der Waals surface area contributed by atoms with E-state index < -0.39 is 6.04 Å². The van der Waals surface area contributed by atoms with Crippen LogP contribution in [0, 0.1) is 0 Å². The summed E-state index contributed by atoms with van der Waals surface area (Å²) in [4.78, 5) is 27.8. The summed E-state index contributed by atoms with van der Waals surface area (Å²) in [5, 5.41) is 1.11. The first-order valence-corrected chi connectivity index (χ1v) is 10.2. The molecule has 28 heavy (non-hydrogen) atoms. The van der Waals surface area contributed by atoms with E-state index in [4.69, 9.17) is 21.1 Å². The molecule has 0 spiro atoms. The number of thiophene rings is 1. The smallest absolute Gasteiger partial charge is 0.339 e. The third kappa shape index (κ3) is 4.29. The zero-order valence-corrected chi connectivity index (χ0v) is 17.6. The molecule has 1 aliphatic rings. The molecule has 0 amide bonds. The number of rotatable bonds is 5. The van der Waals surface area contributed by atoms with E-state index >= 15 is 0 Å². The maximum absolute atomic E-state index is 12.5. The van der Waals surface area contributed by atoms with Gasteiger partial charge in [0, 0.05) is 28.6 Å². The third-order valence-corrected chi connectivity index (χ3v) is 6.27. The summed E-state index contributed by atoms with van der Waals surface area (Å²) in [5.74, 6) is -0.691. The molecule has 0 N–H and O–H groups in total. The molecule has 3 rings (SSSR count). The Bertz CT molecular complexity index is 921. The lowest BCUT2D eigenvalue weighted by Crippen LogP contribution is -2.38. The number of nitrogens with zero attached hydrogens (tertiary/aromatic N) is 1. The average molecular weight is 420 g/mol. The predicted octanol–water partition coefficient (Wildman–Crippen LogP) is 4.55. The molecule has 0 aliphatic carbocycles. The number of hydrogen-bond donors (Lipinski definition) is 0. The number of carbonyl (C=O) groups excluding carboxylic acids is 2. The van der Waals surface area contributed by atoms with Crippen LogP contribution in [-0.4, -0.2) is 30.5 Å². The molecule has 0 unspecified atom stereocenters. The number of hydrogen-bond acceptors (Lipinski definition) is 6. The average Bonchev–Trinajstić information content (AvgIpc) is 3.10. The fourth-order valence-corrected chi connectivity index (χ4v) is 4.42.